The lowest BCUT2D eigenvalue weighted by Crippen LogP contribution is -2.51. The maximum absolute atomic E-state index is 11.7. The molecule has 0 unspecified atom stereocenters. The van der Waals surface area contributed by atoms with Crippen LogP contribution in [0.5, 0.6) is 0 Å². The third-order valence-corrected chi connectivity index (χ3v) is 2.76. The first-order valence-corrected chi connectivity index (χ1v) is 7.06. The van der Waals surface area contributed by atoms with E-state index in [1.165, 1.54) is 0 Å². The van der Waals surface area contributed by atoms with Crippen LogP contribution < -0.4 is 21.5 Å². The van der Waals surface area contributed by atoms with Crippen LogP contribution in [0, 0.1) is 0 Å². The summed E-state index contributed by atoms with van der Waals surface area (Å²) in [5, 5.41) is 4.98. The molecule has 0 aromatic rings. The second-order valence-corrected chi connectivity index (χ2v) is 4.49. The number of likely N-dealkylation sites (N-methyl/N-ethyl adjacent to an activating group) is 1. The third kappa shape index (κ3) is 8.74. The molecule has 4 N–H and O–H groups in total. The van der Waals surface area contributed by atoms with Gasteiger partial charge >= 0.3 is 0 Å². The fraction of sp³-hybridized carbons (Fsp3) is 0.692. The van der Waals surface area contributed by atoms with Gasteiger partial charge in [-0.15, -0.1) is 0 Å². The zero-order valence-corrected chi connectivity index (χ0v) is 12.5. The second-order valence-electron chi connectivity index (χ2n) is 4.49. The third-order valence-electron chi connectivity index (χ3n) is 2.76. The van der Waals surface area contributed by atoms with Gasteiger partial charge in [-0.3, -0.25) is 19.8 Å². The van der Waals surface area contributed by atoms with Crippen molar-refractivity contribution in [2.45, 2.75) is 51.6 Å². The number of hydrazine groups is 1. The molecule has 0 saturated heterocycles. The topological polar surface area (TPSA) is 116 Å². The summed E-state index contributed by atoms with van der Waals surface area (Å²) in [5.74, 6) is -0.520. The first-order chi connectivity index (χ1) is 10.1. The van der Waals surface area contributed by atoms with Gasteiger partial charge in [-0.25, -0.2) is 5.43 Å². The van der Waals surface area contributed by atoms with E-state index >= 15 is 0 Å². The Kier molecular flexibility index (Phi) is 10.7. The van der Waals surface area contributed by atoms with E-state index in [0.717, 1.165) is 6.42 Å². The van der Waals surface area contributed by atoms with E-state index in [4.69, 9.17) is 0 Å². The average molecular weight is 300 g/mol. The van der Waals surface area contributed by atoms with Gasteiger partial charge in [0, 0.05) is 13.0 Å². The minimum absolute atomic E-state index is 0.0610. The molecule has 0 aliphatic rings. The van der Waals surface area contributed by atoms with Crippen molar-refractivity contribution in [2.24, 2.45) is 0 Å². The fourth-order valence-electron chi connectivity index (χ4n) is 1.65. The monoisotopic (exact) mass is 300 g/mol. The maximum Gasteiger partial charge on any atom is 0.238 e. The Bertz CT molecular complexity index is 349. The molecule has 0 radical (unpaired) electrons. The molecule has 8 heteroatoms. The summed E-state index contributed by atoms with van der Waals surface area (Å²) >= 11 is 0. The largest absolute Gasteiger partial charge is 0.355 e. The summed E-state index contributed by atoms with van der Waals surface area (Å²) in [4.78, 5) is 44.2. The predicted molar refractivity (Wildman–Crippen MR) is 76.9 cm³/mol. The van der Waals surface area contributed by atoms with Crippen LogP contribution in [-0.4, -0.2) is 43.1 Å². The molecule has 21 heavy (non-hydrogen) atoms. The molecule has 0 bridgehead atoms. The van der Waals surface area contributed by atoms with E-state index in [1.807, 2.05) is 13.8 Å². The Morgan fingerprint density at radius 2 is 1.86 bits per heavy atom. The van der Waals surface area contributed by atoms with E-state index in [0.29, 0.717) is 25.7 Å². The van der Waals surface area contributed by atoms with Crippen LogP contribution in [0.4, 0.5) is 0 Å². The van der Waals surface area contributed by atoms with Crippen molar-refractivity contribution in [3.63, 3.8) is 0 Å². The zero-order valence-electron chi connectivity index (χ0n) is 12.5. The molecule has 0 saturated carbocycles. The van der Waals surface area contributed by atoms with E-state index in [-0.39, 0.29) is 24.7 Å². The Balaban J connectivity index is 4.14. The first-order valence-electron chi connectivity index (χ1n) is 7.06. The summed E-state index contributed by atoms with van der Waals surface area (Å²) in [7, 11) is 0. The normalized spacial score (nSPS) is 12.9. The number of nitrogens with one attached hydrogen (secondary N) is 4. The van der Waals surface area contributed by atoms with Gasteiger partial charge in [0.15, 0.2) is 0 Å². The Morgan fingerprint density at radius 1 is 1.14 bits per heavy atom. The molecule has 8 nitrogen and oxygen atoms in total. The van der Waals surface area contributed by atoms with Crippen molar-refractivity contribution in [2.75, 3.05) is 6.54 Å². The van der Waals surface area contributed by atoms with Gasteiger partial charge in [-0.05, 0) is 19.8 Å². The molecule has 3 amide bonds. The first kappa shape index (κ1) is 19.0. The minimum atomic E-state index is -0.678. The lowest BCUT2D eigenvalue weighted by atomic mass is 10.1. The van der Waals surface area contributed by atoms with Gasteiger partial charge < -0.3 is 15.4 Å². The van der Waals surface area contributed by atoms with Gasteiger partial charge in [0.2, 0.25) is 18.2 Å². The number of rotatable bonds is 12. The highest BCUT2D eigenvalue weighted by Gasteiger charge is 2.17. The molecule has 0 fully saturated rings. The van der Waals surface area contributed by atoms with Crippen LogP contribution in [0.2, 0.25) is 0 Å². The Morgan fingerprint density at radius 3 is 2.38 bits per heavy atom. The smallest absolute Gasteiger partial charge is 0.238 e. The molecule has 0 aromatic heterocycles. The van der Waals surface area contributed by atoms with Crippen molar-refractivity contribution in [1.29, 1.82) is 0 Å². The SMILES string of the molecule is CCC[C@H](NNC(=O)CC[C@@H](C=O)NC=O)C(=O)NCC. The molecular formula is C13H24N4O4. The van der Waals surface area contributed by atoms with Gasteiger partial charge in [0.1, 0.15) is 12.3 Å². The van der Waals surface area contributed by atoms with Crippen LogP contribution in [0.25, 0.3) is 0 Å². The standard InChI is InChI=1S/C13H24N4O4/c1-3-5-11(13(21)14-4-2)16-17-12(20)7-6-10(8-18)15-9-19/h8-11,16H,3-7H2,1-2H3,(H,14,21)(H,15,19)(H,17,20)/t10-,11-/m0/s1. The minimum Gasteiger partial charge on any atom is -0.355 e. The molecule has 0 aliphatic heterocycles. The van der Waals surface area contributed by atoms with Crippen LogP contribution >= 0.6 is 0 Å². The molecular weight excluding hydrogens is 276 g/mol. The average Bonchev–Trinajstić information content (AvgIpc) is 2.47. The van der Waals surface area contributed by atoms with Crippen LogP contribution in [-0.2, 0) is 19.2 Å². The summed E-state index contributed by atoms with van der Waals surface area (Å²) in [5.41, 5.74) is 5.14. The van der Waals surface area contributed by atoms with Crippen LogP contribution in [0.3, 0.4) is 0 Å². The van der Waals surface area contributed by atoms with E-state index in [1.54, 1.807) is 0 Å². The van der Waals surface area contributed by atoms with E-state index in [2.05, 4.69) is 21.5 Å². The van der Waals surface area contributed by atoms with Gasteiger partial charge in [-0.1, -0.05) is 13.3 Å². The Labute approximate surface area is 124 Å². The fourth-order valence-corrected chi connectivity index (χ4v) is 1.65. The lowest BCUT2D eigenvalue weighted by Gasteiger charge is -2.18. The number of hydrogen-bond acceptors (Lipinski definition) is 5. The molecule has 0 spiro atoms. The summed E-state index contributed by atoms with van der Waals surface area (Å²) in [6.45, 7) is 4.28. The Hall–Kier alpha value is -1.96. The summed E-state index contributed by atoms with van der Waals surface area (Å²) < 4.78 is 0. The molecule has 0 rings (SSSR count). The molecule has 0 aliphatic carbocycles. The van der Waals surface area contributed by atoms with Crippen LogP contribution in [0.15, 0.2) is 0 Å². The molecule has 0 aromatic carbocycles. The second kappa shape index (κ2) is 11.8. The van der Waals surface area contributed by atoms with Crippen molar-refractivity contribution in [3.05, 3.63) is 0 Å². The quantitative estimate of drug-likeness (QED) is 0.273. The molecule has 2 atom stereocenters. The van der Waals surface area contributed by atoms with E-state index < -0.39 is 12.1 Å². The van der Waals surface area contributed by atoms with Crippen molar-refractivity contribution in [1.82, 2.24) is 21.5 Å². The molecule has 120 valence electrons. The number of carbonyl (C=O) groups excluding carboxylic acids is 4. The highest BCUT2D eigenvalue weighted by molar-refractivity contribution is 5.82. The van der Waals surface area contributed by atoms with Gasteiger partial charge in [-0.2, -0.15) is 0 Å². The van der Waals surface area contributed by atoms with Crippen molar-refractivity contribution >= 4 is 24.5 Å². The summed E-state index contributed by atoms with van der Waals surface area (Å²) in [6, 6.07) is -1.17. The van der Waals surface area contributed by atoms with Crippen molar-refractivity contribution in [3.8, 4) is 0 Å². The molecule has 0 heterocycles. The predicted octanol–water partition coefficient (Wildman–Crippen LogP) is -0.994. The highest BCUT2D eigenvalue weighted by atomic mass is 16.2. The number of aldehydes is 1. The number of hydrogen-bond donors (Lipinski definition) is 4. The zero-order chi connectivity index (χ0) is 16.1. The van der Waals surface area contributed by atoms with Crippen molar-refractivity contribution < 1.29 is 19.2 Å². The maximum atomic E-state index is 11.7. The lowest BCUT2D eigenvalue weighted by molar-refractivity contribution is -0.125. The highest BCUT2D eigenvalue weighted by Crippen LogP contribution is 1.97. The van der Waals surface area contributed by atoms with Gasteiger partial charge in [0.05, 0.1) is 6.04 Å². The number of amides is 3. The number of carbonyl (C=O) groups is 4. The van der Waals surface area contributed by atoms with E-state index in [9.17, 15) is 19.2 Å². The van der Waals surface area contributed by atoms with Gasteiger partial charge in [0.25, 0.3) is 0 Å². The van der Waals surface area contributed by atoms with Crippen LogP contribution in [0.1, 0.15) is 39.5 Å². The summed E-state index contributed by atoms with van der Waals surface area (Å²) in [6.07, 6.45) is 2.64.